The average Bonchev–Trinajstić information content (AvgIpc) is 2.85. The Morgan fingerprint density at radius 1 is 1.53 bits per heavy atom. The fourth-order valence-electron chi connectivity index (χ4n) is 1.57. The molecule has 0 saturated heterocycles. The zero-order valence-corrected chi connectivity index (χ0v) is 9.96. The molecule has 1 aliphatic carbocycles. The van der Waals surface area contributed by atoms with Crippen LogP contribution in [0.3, 0.4) is 0 Å². The highest BCUT2D eigenvalue weighted by molar-refractivity contribution is 9.10. The van der Waals surface area contributed by atoms with Crippen LogP contribution >= 0.6 is 15.9 Å². The van der Waals surface area contributed by atoms with Crippen LogP contribution in [0.4, 0.5) is 4.39 Å². The molecule has 1 aromatic rings. The van der Waals surface area contributed by atoms with E-state index in [2.05, 4.69) is 15.9 Å². The molecule has 0 spiro atoms. The topological polar surface area (TPSA) is 18.5 Å². The van der Waals surface area contributed by atoms with Gasteiger partial charge in [0.2, 0.25) is 0 Å². The molecule has 2 atom stereocenters. The molecule has 2 rings (SSSR count). The van der Waals surface area contributed by atoms with E-state index < -0.39 is 4.58 Å². The smallest absolute Gasteiger partial charge is 0.188 e. The molecule has 0 radical (unpaired) electrons. The van der Waals surface area contributed by atoms with Gasteiger partial charge in [0, 0.05) is 25.0 Å². The van der Waals surface area contributed by atoms with Gasteiger partial charge in [-0.05, 0) is 22.0 Å². The van der Waals surface area contributed by atoms with Gasteiger partial charge in [-0.15, -0.1) is 0 Å². The summed E-state index contributed by atoms with van der Waals surface area (Å²) in [7, 11) is 1.56. The zero-order valence-electron chi connectivity index (χ0n) is 8.37. The second-order valence-corrected chi connectivity index (χ2v) is 4.92. The van der Waals surface area contributed by atoms with E-state index in [0.717, 1.165) is 5.56 Å². The zero-order chi connectivity index (χ0) is 10.9. The summed E-state index contributed by atoms with van der Waals surface area (Å²) in [4.78, 5) is 0. The third-order valence-electron chi connectivity index (χ3n) is 2.45. The van der Waals surface area contributed by atoms with Gasteiger partial charge in [0.15, 0.2) is 11.4 Å². The van der Waals surface area contributed by atoms with Crippen molar-refractivity contribution >= 4 is 15.9 Å². The van der Waals surface area contributed by atoms with Gasteiger partial charge in [0.1, 0.15) is 5.75 Å². The molecule has 2 unspecified atom stereocenters. The summed E-state index contributed by atoms with van der Waals surface area (Å²) in [5.41, 5.74) is 0.897. The summed E-state index contributed by atoms with van der Waals surface area (Å²) in [5.74, 6) is 0.592. The number of halogens is 2. The predicted octanol–water partition coefficient (Wildman–Crippen LogP) is 3.22. The minimum absolute atomic E-state index is 0.106. The standard InChI is InChI=1S/C11H12BrFO2/c1-14-7-15-10-5-3-2-4-8(10)9-6-11(9,12)13/h2-5,9H,6-7H2,1H3. The van der Waals surface area contributed by atoms with E-state index in [-0.39, 0.29) is 12.7 Å². The number of hydrogen-bond acceptors (Lipinski definition) is 2. The van der Waals surface area contributed by atoms with Crippen LogP contribution in [0.1, 0.15) is 17.9 Å². The van der Waals surface area contributed by atoms with E-state index in [1.54, 1.807) is 7.11 Å². The number of methoxy groups -OCH3 is 1. The molecule has 1 fully saturated rings. The van der Waals surface area contributed by atoms with Crippen LogP contribution in [0.2, 0.25) is 0 Å². The lowest BCUT2D eigenvalue weighted by atomic mass is 10.1. The number of para-hydroxylation sites is 1. The molecule has 82 valence electrons. The first-order chi connectivity index (χ1) is 7.15. The highest BCUT2D eigenvalue weighted by Crippen LogP contribution is 2.60. The van der Waals surface area contributed by atoms with E-state index in [0.29, 0.717) is 12.2 Å². The largest absolute Gasteiger partial charge is 0.467 e. The summed E-state index contributed by atoms with van der Waals surface area (Å²) >= 11 is 3.04. The molecule has 0 aromatic heterocycles. The normalized spacial score (nSPS) is 28.9. The fourth-order valence-corrected chi connectivity index (χ4v) is 2.14. The van der Waals surface area contributed by atoms with Crippen LogP contribution in [0, 0.1) is 0 Å². The Hall–Kier alpha value is -0.610. The van der Waals surface area contributed by atoms with E-state index >= 15 is 0 Å². The van der Waals surface area contributed by atoms with Gasteiger partial charge in [-0.1, -0.05) is 18.2 Å². The predicted molar refractivity (Wildman–Crippen MR) is 59.1 cm³/mol. The van der Waals surface area contributed by atoms with Gasteiger partial charge >= 0.3 is 0 Å². The molecule has 0 heterocycles. The lowest BCUT2D eigenvalue weighted by molar-refractivity contribution is 0.0503. The molecule has 0 N–H and O–H groups in total. The number of alkyl halides is 2. The third-order valence-corrected chi connectivity index (χ3v) is 3.33. The summed E-state index contributed by atoms with van der Waals surface area (Å²) in [6, 6.07) is 7.47. The van der Waals surface area contributed by atoms with Gasteiger partial charge in [0.05, 0.1) is 0 Å². The van der Waals surface area contributed by atoms with Crippen LogP contribution in [0.15, 0.2) is 24.3 Å². The molecule has 1 aliphatic rings. The number of hydrogen-bond donors (Lipinski definition) is 0. The Morgan fingerprint density at radius 3 is 2.80 bits per heavy atom. The lowest BCUT2D eigenvalue weighted by Gasteiger charge is -2.10. The van der Waals surface area contributed by atoms with E-state index in [9.17, 15) is 4.39 Å². The Bertz CT molecular complexity index is 354. The Morgan fingerprint density at radius 2 is 2.20 bits per heavy atom. The quantitative estimate of drug-likeness (QED) is 0.620. The van der Waals surface area contributed by atoms with Crippen LogP contribution in [-0.4, -0.2) is 18.5 Å². The van der Waals surface area contributed by atoms with Crippen molar-refractivity contribution in [2.24, 2.45) is 0 Å². The minimum atomic E-state index is -1.25. The molecule has 1 saturated carbocycles. The second kappa shape index (κ2) is 4.10. The lowest BCUT2D eigenvalue weighted by Crippen LogP contribution is -2.02. The first kappa shape index (κ1) is 10.9. The molecule has 4 heteroatoms. The molecule has 15 heavy (non-hydrogen) atoms. The summed E-state index contributed by atoms with van der Waals surface area (Å²) in [6.07, 6.45) is 0.500. The Kier molecular flexibility index (Phi) is 2.98. The van der Waals surface area contributed by atoms with Gasteiger partial charge in [0.25, 0.3) is 0 Å². The summed E-state index contributed by atoms with van der Waals surface area (Å²) < 4.78 is 22.4. The van der Waals surface area contributed by atoms with Crippen LogP contribution < -0.4 is 4.74 Å². The molecule has 2 nitrogen and oxygen atoms in total. The second-order valence-electron chi connectivity index (χ2n) is 3.61. The minimum Gasteiger partial charge on any atom is -0.467 e. The fraction of sp³-hybridized carbons (Fsp3) is 0.455. The van der Waals surface area contributed by atoms with E-state index in [4.69, 9.17) is 9.47 Å². The first-order valence-electron chi connectivity index (χ1n) is 4.73. The monoisotopic (exact) mass is 274 g/mol. The van der Waals surface area contributed by atoms with Crippen molar-refractivity contribution in [1.82, 2.24) is 0 Å². The SMILES string of the molecule is COCOc1ccccc1C1CC1(F)Br. The highest BCUT2D eigenvalue weighted by Gasteiger charge is 2.55. The molecule has 0 aliphatic heterocycles. The van der Waals surface area contributed by atoms with Crippen molar-refractivity contribution in [3.05, 3.63) is 29.8 Å². The molecule has 1 aromatic carbocycles. The van der Waals surface area contributed by atoms with Crippen LogP contribution in [0.5, 0.6) is 5.75 Å². The average molecular weight is 275 g/mol. The van der Waals surface area contributed by atoms with Crippen molar-refractivity contribution in [1.29, 1.82) is 0 Å². The summed E-state index contributed by atoms with van der Waals surface area (Å²) in [6.45, 7) is 0.186. The number of ether oxygens (including phenoxy) is 2. The number of benzene rings is 1. The van der Waals surface area contributed by atoms with Crippen LogP contribution in [-0.2, 0) is 4.74 Å². The molecule has 0 bridgehead atoms. The van der Waals surface area contributed by atoms with Crippen molar-refractivity contribution in [3.8, 4) is 5.75 Å². The van der Waals surface area contributed by atoms with Gasteiger partial charge < -0.3 is 9.47 Å². The maximum Gasteiger partial charge on any atom is 0.188 e. The first-order valence-corrected chi connectivity index (χ1v) is 5.53. The molecule has 0 amide bonds. The van der Waals surface area contributed by atoms with Crippen molar-refractivity contribution in [2.45, 2.75) is 16.9 Å². The van der Waals surface area contributed by atoms with Crippen molar-refractivity contribution < 1.29 is 13.9 Å². The Labute approximate surface area is 96.5 Å². The molecular weight excluding hydrogens is 263 g/mol. The maximum atomic E-state index is 13.5. The maximum absolute atomic E-state index is 13.5. The molecular formula is C11H12BrFO2. The van der Waals surface area contributed by atoms with Gasteiger partial charge in [-0.25, -0.2) is 4.39 Å². The van der Waals surface area contributed by atoms with Crippen molar-refractivity contribution in [2.75, 3.05) is 13.9 Å². The Balaban J connectivity index is 2.16. The number of rotatable bonds is 4. The van der Waals surface area contributed by atoms with Crippen molar-refractivity contribution in [3.63, 3.8) is 0 Å². The van der Waals surface area contributed by atoms with Gasteiger partial charge in [-0.3, -0.25) is 0 Å². The van der Waals surface area contributed by atoms with Gasteiger partial charge in [-0.2, -0.15) is 0 Å². The highest BCUT2D eigenvalue weighted by atomic mass is 79.9. The van der Waals surface area contributed by atoms with E-state index in [1.807, 2.05) is 24.3 Å². The van der Waals surface area contributed by atoms with E-state index in [1.165, 1.54) is 0 Å². The van der Waals surface area contributed by atoms with Crippen LogP contribution in [0.25, 0.3) is 0 Å². The third kappa shape index (κ3) is 2.32. The summed E-state index contributed by atoms with van der Waals surface area (Å²) in [5, 5.41) is 0.